The second-order valence-electron chi connectivity index (χ2n) is 6.12. The number of ether oxygens (including phenoxy) is 1. The van der Waals surface area contributed by atoms with Crippen LogP contribution in [0.4, 0.5) is 17.5 Å². The fourth-order valence-electron chi connectivity index (χ4n) is 2.63. The van der Waals surface area contributed by atoms with Gasteiger partial charge in [-0.2, -0.15) is 4.98 Å². The summed E-state index contributed by atoms with van der Waals surface area (Å²) in [6.07, 6.45) is 2.48. The van der Waals surface area contributed by atoms with E-state index >= 15 is 0 Å². The number of aliphatic carboxylic acids is 1. The molecule has 1 atom stereocenters. The molecule has 1 aromatic carbocycles. The van der Waals surface area contributed by atoms with Crippen molar-refractivity contribution in [1.82, 2.24) is 9.97 Å². The number of rotatable bonds is 8. The molecule has 9 heteroatoms. The summed E-state index contributed by atoms with van der Waals surface area (Å²) in [4.78, 5) is 19.2. The van der Waals surface area contributed by atoms with Gasteiger partial charge in [-0.25, -0.2) is 4.98 Å². The molecule has 4 N–H and O–H groups in total. The average molecular weight is 390 g/mol. The molecular weight excluding hydrogens is 370 g/mol. The van der Waals surface area contributed by atoms with E-state index in [1.807, 2.05) is 24.3 Å². The Morgan fingerprint density at radius 2 is 2.15 bits per heavy atom. The van der Waals surface area contributed by atoms with E-state index in [0.717, 1.165) is 11.3 Å². The SMILES string of the molecule is N=C1CCO[C@H]1CNc1nc(Nc2ccc(CCC(=O)O)cc2)ncc1Cl. The van der Waals surface area contributed by atoms with Crippen LogP contribution in [-0.4, -0.2) is 46.0 Å². The quantitative estimate of drug-likeness (QED) is 0.547. The number of carbonyl (C=O) groups is 1. The van der Waals surface area contributed by atoms with Crippen LogP contribution in [-0.2, 0) is 16.0 Å². The maximum atomic E-state index is 10.6. The first-order valence-corrected chi connectivity index (χ1v) is 8.92. The highest BCUT2D eigenvalue weighted by Crippen LogP contribution is 2.22. The Labute approximate surface area is 161 Å². The van der Waals surface area contributed by atoms with E-state index in [0.29, 0.717) is 48.5 Å². The predicted molar refractivity (Wildman–Crippen MR) is 103 cm³/mol. The largest absolute Gasteiger partial charge is 0.481 e. The van der Waals surface area contributed by atoms with Gasteiger partial charge in [-0.1, -0.05) is 23.7 Å². The van der Waals surface area contributed by atoms with E-state index in [4.69, 9.17) is 26.9 Å². The van der Waals surface area contributed by atoms with Crippen LogP contribution >= 0.6 is 11.6 Å². The van der Waals surface area contributed by atoms with E-state index in [2.05, 4.69) is 20.6 Å². The normalized spacial score (nSPS) is 16.3. The van der Waals surface area contributed by atoms with Crippen LogP contribution in [0.25, 0.3) is 0 Å². The summed E-state index contributed by atoms with van der Waals surface area (Å²) in [6, 6.07) is 7.42. The molecule has 3 rings (SSSR count). The molecule has 1 saturated heterocycles. The van der Waals surface area contributed by atoms with Gasteiger partial charge in [0.15, 0.2) is 5.82 Å². The molecule has 2 heterocycles. The Bertz CT molecular complexity index is 828. The van der Waals surface area contributed by atoms with Crippen molar-refractivity contribution >= 4 is 40.7 Å². The van der Waals surface area contributed by atoms with Gasteiger partial charge in [0.05, 0.1) is 12.8 Å². The van der Waals surface area contributed by atoms with Crippen molar-refractivity contribution < 1.29 is 14.6 Å². The molecule has 27 heavy (non-hydrogen) atoms. The second kappa shape index (κ2) is 8.79. The summed E-state index contributed by atoms with van der Waals surface area (Å²) in [6.45, 7) is 0.991. The number of hydrogen-bond acceptors (Lipinski definition) is 7. The van der Waals surface area contributed by atoms with E-state index in [1.54, 1.807) is 0 Å². The first-order chi connectivity index (χ1) is 13.0. The molecule has 1 aliphatic rings. The smallest absolute Gasteiger partial charge is 0.303 e. The van der Waals surface area contributed by atoms with Crippen LogP contribution in [0, 0.1) is 5.41 Å². The summed E-state index contributed by atoms with van der Waals surface area (Å²) in [5.41, 5.74) is 2.29. The third-order valence-corrected chi connectivity index (χ3v) is 4.39. The van der Waals surface area contributed by atoms with Crippen molar-refractivity contribution in [3.8, 4) is 0 Å². The Kier molecular flexibility index (Phi) is 6.20. The molecule has 0 spiro atoms. The number of benzene rings is 1. The van der Waals surface area contributed by atoms with E-state index < -0.39 is 5.97 Å². The van der Waals surface area contributed by atoms with E-state index in [9.17, 15) is 4.79 Å². The fraction of sp³-hybridized carbons (Fsp3) is 0.333. The molecule has 0 unspecified atom stereocenters. The van der Waals surface area contributed by atoms with Crippen LogP contribution in [0.5, 0.6) is 0 Å². The van der Waals surface area contributed by atoms with Crippen LogP contribution in [0.3, 0.4) is 0 Å². The van der Waals surface area contributed by atoms with Crippen molar-refractivity contribution in [2.45, 2.75) is 25.4 Å². The summed E-state index contributed by atoms with van der Waals surface area (Å²) in [5.74, 6) is 0.0306. The topological polar surface area (TPSA) is 120 Å². The standard InChI is InChI=1S/C18H20ClN5O3/c19-13-9-22-18(24-17(13)21-10-15-14(20)7-8-27-15)23-12-4-1-11(2-5-12)3-6-16(25)26/h1-2,4-5,9,15,20H,3,6-8,10H2,(H,25,26)(H2,21,22,23,24)/t15-/m0/s1. The minimum atomic E-state index is -0.815. The van der Waals surface area contributed by atoms with Crippen molar-refractivity contribution in [2.24, 2.45) is 0 Å². The lowest BCUT2D eigenvalue weighted by atomic mass is 10.1. The average Bonchev–Trinajstić information content (AvgIpc) is 3.06. The van der Waals surface area contributed by atoms with Gasteiger partial charge in [0.2, 0.25) is 5.95 Å². The Balaban J connectivity index is 1.61. The molecule has 1 fully saturated rings. The van der Waals surface area contributed by atoms with Gasteiger partial charge in [0, 0.05) is 30.8 Å². The summed E-state index contributed by atoms with van der Waals surface area (Å²) in [7, 11) is 0. The lowest BCUT2D eigenvalue weighted by molar-refractivity contribution is -0.136. The fourth-order valence-corrected chi connectivity index (χ4v) is 2.79. The molecule has 0 amide bonds. The molecule has 1 aromatic heterocycles. The molecule has 0 radical (unpaired) electrons. The number of hydrogen-bond donors (Lipinski definition) is 4. The number of aryl methyl sites for hydroxylation is 1. The lowest BCUT2D eigenvalue weighted by Crippen LogP contribution is -2.25. The zero-order valence-electron chi connectivity index (χ0n) is 14.5. The first kappa shape index (κ1) is 19.1. The van der Waals surface area contributed by atoms with E-state index in [-0.39, 0.29) is 12.5 Å². The third-order valence-electron chi connectivity index (χ3n) is 4.12. The Morgan fingerprint density at radius 1 is 1.37 bits per heavy atom. The summed E-state index contributed by atoms with van der Waals surface area (Å²) < 4.78 is 5.47. The van der Waals surface area contributed by atoms with Crippen LogP contribution < -0.4 is 10.6 Å². The molecule has 1 aliphatic heterocycles. The molecule has 8 nitrogen and oxygen atoms in total. The minimum absolute atomic E-state index is 0.101. The second-order valence-corrected chi connectivity index (χ2v) is 6.53. The maximum Gasteiger partial charge on any atom is 0.303 e. The van der Waals surface area contributed by atoms with Crippen molar-refractivity contribution in [3.63, 3.8) is 0 Å². The summed E-state index contributed by atoms with van der Waals surface area (Å²) in [5, 5.41) is 23.1. The number of carboxylic acid groups (broad SMARTS) is 1. The highest BCUT2D eigenvalue weighted by Gasteiger charge is 2.22. The molecule has 2 aromatic rings. The van der Waals surface area contributed by atoms with Gasteiger partial charge in [-0.05, 0) is 24.1 Å². The van der Waals surface area contributed by atoms with Gasteiger partial charge in [0.1, 0.15) is 11.1 Å². The highest BCUT2D eigenvalue weighted by atomic mass is 35.5. The predicted octanol–water partition coefficient (Wildman–Crippen LogP) is 3.11. The van der Waals surface area contributed by atoms with Crippen molar-refractivity contribution in [2.75, 3.05) is 23.8 Å². The highest BCUT2D eigenvalue weighted by molar-refractivity contribution is 6.32. The summed E-state index contributed by atoms with van der Waals surface area (Å²) >= 11 is 6.14. The number of nitrogens with zero attached hydrogens (tertiary/aromatic N) is 2. The molecule has 142 valence electrons. The number of halogens is 1. The zero-order valence-corrected chi connectivity index (χ0v) is 15.3. The van der Waals surface area contributed by atoms with Gasteiger partial charge in [-0.3, -0.25) is 4.79 Å². The van der Waals surface area contributed by atoms with E-state index in [1.165, 1.54) is 6.20 Å². The molecule has 0 aliphatic carbocycles. The lowest BCUT2D eigenvalue weighted by Gasteiger charge is -2.13. The van der Waals surface area contributed by atoms with Crippen LogP contribution in [0.15, 0.2) is 30.5 Å². The Morgan fingerprint density at radius 3 is 2.81 bits per heavy atom. The maximum absolute atomic E-state index is 10.6. The minimum Gasteiger partial charge on any atom is -0.481 e. The Hall–Kier alpha value is -2.71. The number of aromatic nitrogens is 2. The molecule has 0 bridgehead atoms. The number of carboxylic acids is 1. The van der Waals surface area contributed by atoms with Gasteiger partial charge in [-0.15, -0.1) is 0 Å². The van der Waals surface area contributed by atoms with Crippen molar-refractivity contribution in [3.05, 3.63) is 41.0 Å². The monoisotopic (exact) mass is 389 g/mol. The van der Waals surface area contributed by atoms with Crippen molar-refractivity contribution in [1.29, 1.82) is 5.41 Å². The van der Waals surface area contributed by atoms with Gasteiger partial charge in [0.25, 0.3) is 0 Å². The van der Waals surface area contributed by atoms with Crippen LogP contribution in [0.2, 0.25) is 5.02 Å². The first-order valence-electron chi connectivity index (χ1n) is 8.54. The number of anilines is 3. The molecular formula is C18H20ClN5O3. The van der Waals surface area contributed by atoms with Gasteiger partial charge >= 0.3 is 5.97 Å². The molecule has 0 saturated carbocycles. The van der Waals surface area contributed by atoms with Crippen LogP contribution in [0.1, 0.15) is 18.4 Å². The zero-order chi connectivity index (χ0) is 19.2. The number of nitrogens with one attached hydrogen (secondary N) is 3. The van der Waals surface area contributed by atoms with Gasteiger partial charge < -0.3 is 25.9 Å². The third kappa shape index (κ3) is 5.38.